The number of carbonyl (C=O) groups excluding carboxylic acids is 2. The maximum absolute atomic E-state index is 11.9. The van der Waals surface area contributed by atoms with E-state index in [9.17, 15) is 9.59 Å². The molecule has 0 aromatic carbocycles. The van der Waals surface area contributed by atoms with Gasteiger partial charge in [0.15, 0.2) is 5.11 Å². The summed E-state index contributed by atoms with van der Waals surface area (Å²) in [6.45, 7) is 8.50. The maximum atomic E-state index is 11.9. The van der Waals surface area contributed by atoms with Crippen molar-refractivity contribution in [2.24, 2.45) is 0 Å². The number of ether oxygens (including phenoxy) is 1. The molecule has 2 amide bonds. The predicted octanol–water partition coefficient (Wildman–Crippen LogP) is 1.42. The monoisotopic (exact) mass is 244 g/mol. The Morgan fingerprint density at radius 3 is 2.25 bits per heavy atom. The van der Waals surface area contributed by atoms with E-state index < -0.39 is 17.2 Å². The molecule has 0 unspecified atom stereocenters. The van der Waals surface area contributed by atoms with Gasteiger partial charge < -0.3 is 10.1 Å². The van der Waals surface area contributed by atoms with Crippen LogP contribution in [-0.2, 0) is 9.53 Å². The number of hydrogen-bond acceptors (Lipinski definition) is 4. The van der Waals surface area contributed by atoms with Crippen LogP contribution in [-0.4, -0.2) is 33.2 Å². The van der Waals surface area contributed by atoms with Crippen LogP contribution < -0.4 is 5.32 Å². The predicted molar refractivity (Wildman–Crippen MR) is 62.9 cm³/mol. The first kappa shape index (κ1) is 12.9. The Bertz CT molecular complexity index is 358. The van der Waals surface area contributed by atoms with Gasteiger partial charge in [-0.25, -0.2) is 9.69 Å². The maximum Gasteiger partial charge on any atom is 0.417 e. The van der Waals surface area contributed by atoms with Crippen LogP contribution in [0, 0.1) is 0 Å². The van der Waals surface area contributed by atoms with Crippen LogP contribution in [0.25, 0.3) is 0 Å². The largest absolute Gasteiger partial charge is 0.443 e. The first-order valence-electron chi connectivity index (χ1n) is 4.94. The highest BCUT2D eigenvalue weighted by molar-refractivity contribution is 7.80. The highest BCUT2D eigenvalue weighted by Gasteiger charge is 2.48. The zero-order chi connectivity index (χ0) is 12.7. The van der Waals surface area contributed by atoms with E-state index in [0.717, 1.165) is 4.90 Å². The molecule has 0 bridgehead atoms. The van der Waals surface area contributed by atoms with Gasteiger partial charge in [0.2, 0.25) is 0 Å². The molecule has 5 nitrogen and oxygen atoms in total. The number of carbonyl (C=O) groups is 2. The van der Waals surface area contributed by atoms with Crippen molar-refractivity contribution in [3.63, 3.8) is 0 Å². The quantitative estimate of drug-likeness (QED) is 0.655. The Hall–Kier alpha value is -1.17. The van der Waals surface area contributed by atoms with Crippen molar-refractivity contribution in [3.8, 4) is 0 Å². The summed E-state index contributed by atoms with van der Waals surface area (Å²) < 4.78 is 5.18. The number of hydrogen-bond donors (Lipinski definition) is 1. The van der Waals surface area contributed by atoms with Gasteiger partial charge in [0, 0.05) is 0 Å². The fourth-order valence-corrected chi connectivity index (χ4v) is 1.68. The second-order valence-corrected chi connectivity index (χ2v) is 5.52. The molecule has 90 valence electrons. The van der Waals surface area contributed by atoms with E-state index in [1.807, 2.05) is 0 Å². The smallest absolute Gasteiger partial charge is 0.417 e. The summed E-state index contributed by atoms with van der Waals surface area (Å²) >= 11 is 4.93. The standard InChI is InChI=1S/C10H16N2O3S/c1-9(2,3)15-8(14)12-7(16)11-6(13)10(12,4)5/h1-5H3,(H,11,13,16). The molecule has 1 saturated heterocycles. The summed E-state index contributed by atoms with van der Waals surface area (Å²) in [5, 5.41) is 2.53. The van der Waals surface area contributed by atoms with E-state index >= 15 is 0 Å². The van der Waals surface area contributed by atoms with E-state index in [-0.39, 0.29) is 11.0 Å². The van der Waals surface area contributed by atoms with Crippen LogP contribution in [0.2, 0.25) is 0 Å². The van der Waals surface area contributed by atoms with Gasteiger partial charge in [0.1, 0.15) is 11.1 Å². The minimum atomic E-state index is -1.00. The molecular formula is C10H16N2O3S. The van der Waals surface area contributed by atoms with Crippen LogP contribution in [0.3, 0.4) is 0 Å². The molecule has 0 aliphatic carbocycles. The molecule has 16 heavy (non-hydrogen) atoms. The van der Waals surface area contributed by atoms with Crippen molar-refractivity contribution in [1.29, 1.82) is 0 Å². The summed E-state index contributed by atoms with van der Waals surface area (Å²) in [6.07, 6.45) is -0.610. The zero-order valence-electron chi connectivity index (χ0n) is 10.1. The van der Waals surface area contributed by atoms with E-state index in [0.29, 0.717) is 0 Å². The molecule has 1 rings (SSSR count). The molecule has 1 aliphatic heterocycles. The number of rotatable bonds is 0. The van der Waals surface area contributed by atoms with Crippen LogP contribution in [0.15, 0.2) is 0 Å². The summed E-state index contributed by atoms with van der Waals surface area (Å²) in [4.78, 5) is 24.6. The van der Waals surface area contributed by atoms with Crippen molar-refractivity contribution < 1.29 is 14.3 Å². The molecular weight excluding hydrogens is 228 g/mol. The lowest BCUT2D eigenvalue weighted by molar-refractivity contribution is -0.125. The summed E-state index contributed by atoms with van der Waals surface area (Å²) in [5.74, 6) is -0.302. The summed E-state index contributed by atoms with van der Waals surface area (Å²) in [6, 6.07) is 0. The Kier molecular flexibility index (Phi) is 2.98. The molecule has 1 aliphatic rings. The van der Waals surface area contributed by atoms with Gasteiger partial charge in [-0.05, 0) is 46.8 Å². The molecule has 0 aromatic rings. The van der Waals surface area contributed by atoms with Crippen molar-refractivity contribution in [2.45, 2.75) is 45.8 Å². The Morgan fingerprint density at radius 1 is 1.44 bits per heavy atom. The highest BCUT2D eigenvalue weighted by atomic mass is 32.1. The minimum Gasteiger partial charge on any atom is -0.443 e. The minimum absolute atomic E-state index is 0.0873. The highest BCUT2D eigenvalue weighted by Crippen LogP contribution is 2.23. The second-order valence-electron chi connectivity index (χ2n) is 5.13. The van der Waals surface area contributed by atoms with Gasteiger partial charge in [0.25, 0.3) is 5.91 Å². The third kappa shape index (κ3) is 2.32. The van der Waals surface area contributed by atoms with E-state index in [2.05, 4.69) is 5.32 Å². The van der Waals surface area contributed by atoms with Gasteiger partial charge >= 0.3 is 6.09 Å². The zero-order valence-corrected chi connectivity index (χ0v) is 10.9. The third-order valence-corrected chi connectivity index (χ3v) is 2.40. The molecule has 1 fully saturated rings. The van der Waals surface area contributed by atoms with Crippen LogP contribution in [0.5, 0.6) is 0 Å². The van der Waals surface area contributed by atoms with E-state index in [1.54, 1.807) is 34.6 Å². The molecule has 0 saturated carbocycles. The van der Waals surface area contributed by atoms with Crippen molar-refractivity contribution in [1.82, 2.24) is 10.2 Å². The van der Waals surface area contributed by atoms with Gasteiger partial charge in [0.05, 0.1) is 0 Å². The Morgan fingerprint density at radius 2 is 1.94 bits per heavy atom. The Balaban J connectivity index is 2.92. The van der Waals surface area contributed by atoms with Gasteiger partial charge in [-0.1, -0.05) is 0 Å². The van der Waals surface area contributed by atoms with Crippen LogP contribution in [0.1, 0.15) is 34.6 Å². The van der Waals surface area contributed by atoms with Crippen molar-refractivity contribution in [2.75, 3.05) is 0 Å². The van der Waals surface area contributed by atoms with E-state index in [4.69, 9.17) is 17.0 Å². The number of nitrogens with zero attached hydrogens (tertiary/aromatic N) is 1. The normalized spacial score (nSPS) is 19.7. The lowest BCUT2D eigenvalue weighted by atomic mass is 10.1. The fraction of sp³-hybridized carbons (Fsp3) is 0.700. The molecule has 1 N–H and O–H groups in total. The van der Waals surface area contributed by atoms with Crippen molar-refractivity contribution in [3.05, 3.63) is 0 Å². The number of amides is 2. The van der Waals surface area contributed by atoms with E-state index in [1.165, 1.54) is 0 Å². The average molecular weight is 244 g/mol. The first-order chi connectivity index (χ1) is 7.05. The number of thiocarbonyl (C=S) groups is 1. The van der Waals surface area contributed by atoms with Crippen LogP contribution in [0.4, 0.5) is 4.79 Å². The summed E-state index contributed by atoms with van der Waals surface area (Å²) in [5.41, 5.74) is -1.62. The first-order valence-corrected chi connectivity index (χ1v) is 5.35. The molecule has 6 heteroatoms. The third-order valence-electron chi connectivity index (χ3n) is 2.11. The second kappa shape index (κ2) is 3.69. The fourth-order valence-electron chi connectivity index (χ4n) is 1.28. The molecule has 0 atom stereocenters. The lowest BCUT2D eigenvalue weighted by Gasteiger charge is -2.30. The molecule has 0 radical (unpaired) electrons. The van der Waals surface area contributed by atoms with Gasteiger partial charge in [-0.15, -0.1) is 0 Å². The summed E-state index contributed by atoms with van der Waals surface area (Å²) in [7, 11) is 0. The average Bonchev–Trinajstić information content (AvgIpc) is 2.17. The van der Waals surface area contributed by atoms with Gasteiger partial charge in [-0.2, -0.15) is 0 Å². The SMILES string of the molecule is CC(C)(C)OC(=O)N1C(=S)NC(=O)C1(C)C. The van der Waals surface area contributed by atoms with Crippen LogP contribution >= 0.6 is 12.2 Å². The Labute approximate surface area is 100 Å². The van der Waals surface area contributed by atoms with Crippen molar-refractivity contribution >= 4 is 29.3 Å². The van der Waals surface area contributed by atoms with Gasteiger partial charge in [-0.3, -0.25) is 4.79 Å². The molecule has 0 aromatic heterocycles. The lowest BCUT2D eigenvalue weighted by Crippen LogP contribution is -2.49. The topological polar surface area (TPSA) is 58.6 Å². The number of nitrogens with one attached hydrogen (secondary N) is 1. The molecule has 1 heterocycles. The molecule has 0 spiro atoms.